The molecule has 0 N–H and O–H groups in total. The lowest BCUT2D eigenvalue weighted by Gasteiger charge is -2.05. The van der Waals surface area contributed by atoms with Gasteiger partial charge in [0.2, 0.25) is 0 Å². The Morgan fingerprint density at radius 3 is 0.689 bits per heavy atom. The number of hydrogen-bond donors (Lipinski definition) is 0. The van der Waals surface area contributed by atoms with Gasteiger partial charge in [-0.15, -0.1) is 0 Å². The van der Waals surface area contributed by atoms with Crippen LogP contribution in [0, 0.1) is 0 Å². The Balaban J connectivity index is -0.00000280. The zero-order chi connectivity index (χ0) is 30.8. The van der Waals surface area contributed by atoms with Gasteiger partial charge in [0.15, 0.2) is 0 Å². The topological polar surface area (TPSA) is 69.7 Å². The number of ether oxygens (including phenoxy) is 2. The summed E-state index contributed by atoms with van der Waals surface area (Å²) in [7, 11) is 0. The van der Waals surface area contributed by atoms with Crippen LogP contribution in [0.15, 0.2) is 0 Å². The summed E-state index contributed by atoms with van der Waals surface area (Å²) in [5, 5.41) is 0. The van der Waals surface area contributed by atoms with Crippen molar-refractivity contribution in [3.63, 3.8) is 0 Å². The van der Waals surface area contributed by atoms with E-state index < -0.39 is 18.1 Å². The lowest BCUT2D eigenvalue weighted by Crippen LogP contribution is -2.17. The fourth-order valence-corrected chi connectivity index (χ4v) is 5.59. The summed E-state index contributed by atoms with van der Waals surface area (Å²) < 4.78 is 9.30. The smallest absolute Gasteiger partial charge is 0.360 e. The Morgan fingerprint density at radius 1 is 0.311 bits per heavy atom. The molecular formula is C37H76Mg3O5. The summed E-state index contributed by atoms with van der Waals surface area (Å²) in [5.41, 5.74) is 0. The molecule has 5 nitrogen and oxygen atoms in total. The molecule has 0 unspecified atom stereocenters. The molecule has 0 aliphatic rings. The van der Waals surface area contributed by atoms with E-state index in [4.69, 9.17) is 0 Å². The lowest BCUT2D eigenvalue weighted by atomic mass is 10.0. The zero-order valence-corrected chi connectivity index (χ0v) is 28.2. The summed E-state index contributed by atoms with van der Waals surface area (Å²) in [6, 6.07) is 0. The van der Waals surface area contributed by atoms with E-state index in [1.807, 2.05) is 0 Å². The number of unbranched alkanes of at least 4 members (excludes halogenated alkanes) is 28. The number of rotatable bonds is 32. The maximum Gasteiger partial charge on any atom is 0.524 e. The summed E-state index contributed by atoms with van der Waals surface area (Å²) >= 11 is 0. The molecule has 0 heterocycles. The van der Waals surface area contributed by atoms with Gasteiger partial charge in [-0.1, -0.05) is 194 Å². The monoisotopic (exact) mass is 673 g/mol. The van der Waals surface area contributed by atoms with Crippen LogP contribution < -0.4 is 0 Å². The second-order valence-corrected chi connectivity index (χ2v) is 12.6. The Hall–Kier alpha value is 0.909. The fraction of sp³-hybridized carbons (Fsp3) is 0.919. The minimum atomic E-state index is -1.17. The molecule has 8 heteroatoms. The maximum atomic E-state index is 11.8. The Kier molecular flexibility index (Phi) is 52.6. The van der Waals surface area contributed by atoms with E-state index in [2.05, 4.69) is 23.3 Å². The molecule has 0 fully saturated rings. The van der Waals surface area contributed by atoms with Gasteiger partial charge in [0.05, 0.1) is 0 Å². The summed E-state index contributed by atoms with van der Waals surface area (Å²) in [6.07, 6.45) is 37.0. The molecule has 0 atom stereocenters. The van der Waals surface area contributed by atoms with E-state index in [-0.39, 0.29) is 82.0 Å². The van der Waals surface area contributed by atoms with Gasteiger partial charge in [-0.2, -0.15) is 0 Å². The molecule has 0 saturated carbocycles. The lowest BCUT2D eigenvalue weighted by molar-refractivity contribution is -0.146. The van der Waals surface area contributed by atoms with Gasteiger partial charge >= 0.3 is 87.3 Å². The number of esters is 2. The van der Waals surface area contributed by atoms with Crippen LogP contribution in [-0.2, 0) is 19.1 Å². The first-order chi connectivity index (χ1) is 20.6. The summed E-state index contributed by atoms with van der Waals surface area (Å²) in [4.78, 5) is 35.4. The molecule has 0 aliphatic carbocycles. The van der Waals surface area contributed by atoms with Crippen molar-refractivity contribution in [1.82, 2.24) is 0 Å². The average molecular weight is 674 g/mol. The van der Waals surface area contributed by atoms with Gasteiger partial charge in [0.1, 0.15) is 0 Å². The van der Waals surface area contributed by atoms with Crippen molar-refractivity contribution in [2.75, 3.05) is 0 Å². The van der Waals surface area contributed by atoms with Crippen molar-refractivity contribution < 1.29 is 23.9 Å². The molecule has 0 aromatic rings. The third-order valence-electron chi connectivity index (χ3n) is 8.36. The predicted molar refractivity (Wildman–Crippen MR) is 202 cm³/mol. The third-order valence-corrected chi connectivity index (χ3v) is 8.36. The molecule has 0 aromatic carbocycles. The third kappa shape index (κ3) is 44.9. The van der Waals surface area contributed by atoms with Gasteiger partial charge in [-0.3, -0.25) is 9.59 Å². The van der Waals surface area contributed by atoms with Crippen LogP contribution >= 0.6 is 0 Å². The summed E-state index contributed by atoms with van der Waals surface area (Å²) in [6.45, 7) is 4.53. The van der Waals surface area contributed by atoms with Crippen LogP contribution in [0.1, 0.15) is 219 Å². The molecule has 0 rings (SSSR count). The van der Waals surface area contributed by atoms with Crippen LogP contribution in [0.25, 0.3) is 0 Å². The predicted octanol–water partition coefficient (Wildman–Crippen LogP) is 9.97. The van der Waals surface area contributed by atoms with E-state index in [1.54, 1.807) is 0 Å². The van der Waals surface area contributed by atoms with Crippen LogP contribution in [-0.4, -0.2) is 87.3 Å². The first kappa shape index (κ1) is 52.7. The van der Waals surface area contributed by atoms with E-state index in [0.717, 1.165) is 25.7 Å². The van der Waals surface area contributed by atoms with Crippen LogP contribution in [0.5, 0.6) is 0 Å². The molecule has 0 saturated heterocycles. The van der Waals surface area contributed by atoms with E-state index in [9.17, 15) is 14.4 Å². The normalized spacial score (nSPS) is 10.4. The number of hydrogen-bond acceptors (Lipinski definition) is 5. The van der Waals surface area contributed by atoms with Gasteiger partial charge < -0.3 is 9.47 Å². The van der Waals surface area contributed by atoms with Gasteiger partial charge in [0, 0.05) is 12.8 Å². The minimum absolute atomic E-state index is 0. The van der Waals surface area contributed by atoms with Crippen molar-refractivity contribution in [1.29, 1.82) is 0 Å². The maximum absolute atomic E-state index is 11.8. The highest BCUT2D eigenvalue weighted by atomic mass is 24.3. The highest BCUT2D eigenvalue weighted by Crippen LogP contribution is 2.15. The van der Waals surface area contributed by atoms with Crippen molar-refractivity contribution in [3.05, 3.63) is 0 Å². The largest absolute Gasteiger partial charge is 0.524 e. The van der Waals surface area contributed by atoms with Crippen LogP contribution in [0.4, 0.5) is 4.79 Å². The molecule has 0 aromatic heterocycles. The second-order valence-electron chi connectivity index (χ2n) is 12.6. The van der Waals surface area contributed by atoms with Gasteiger partial charge in [-0.05, 0) is 12.8 Å². The Bertz CT molecular complexity index is 569. The van der Waals surface area contributed by atoms with E-state index in [1.165, 1.54) is 154 Å². The molecular weight excluding hydrogens is 597 g/mol. The van der Waals surface area contributed by atoms with Crippen molar-refractivity contribution in [3.8, 4) is 0 Å². The highest BCUT2D eigenvalue weighted by Gasteiger charge is 2.15. The molecule has 0 aliphatic heterocycles. The average Bonchev–Trinajstić information content (AvgIpc) is 2.97. The SMILES string of the molecule is CCCCCCCCCCCCCCCCCC(=O)OC(=O)OC(=O)CCCCCCCCCCCCCCCCC.[MgH2].[MgH2].[MgH2]. The van der Waals surface area contributed by atoms with Crippen LogP contribution in [0.2, 0.25) is 0 Å². The van der Waals surface area contributed by atoms with Gasteiger partial charge in [-0.25, -0.2) is 4.79 Å². The van der Waals surface area contributed by atoms with Crippen LogP contribution in [0.3, 0.4) is 0 Å². The molecule has 45 heavy (non-hydrogen) atoms. The van der Waals surface area contributed by atoms with Crippen molar-refractivity contribution in [2.45, 2.75) is 219 Å². The number of carbonyl (C=O) groups excluding carboxylic acids is 3. The summed E-state index contributed by atoms with van der Waals surface area (Å²) in [5.74, 6) is -1.20. The van der Waals surface area contributed by atoms with Crippen molar-refractivity contribution >= 4 is 87.3 Å². The molecule has 0 radical (unpaired) electrons. The van der Waals surface area contributed by atoms with Crippen molar-refractivity contribution in [2.24, 2.45) is 0 Å². The van der Waals surface area contributed by atoms with Gasteiger partial charge in [0.25, 0.3) is 0 Å². The zero-order valence-electron chi connectivity index (χ0n) is 28.2. The molecule has 260 valence electrons. The highest BCUT2D eigenvalue weighted by molar-refractivity contribution is 5.88. The fourth-order valence-electron chi connectivity index (χ4n) is 5.59. The molecule has 0 bridgehead atoms. The van der Waals surface area contributed by atoms with E-state index >= 15 is 0 Å². The first-order valence-electron chi connectivity index (χ1n) is 18.6. The second kappa shape index (κ2) is 44.9. The quantitative estimate of drug-likeness (QED) is 0.0308. The van der Waals surface area contributed by atoms with E-state index in [0.29, 0.717) is 12.8 Å². The Labute approximate surface area is 327 Å². The number of carbonyl (C=O) groups is 3. The molecule has 0 amide bonds. The first-order valence-corrected chi connectivity index (χ1v) is 18.6. The standard InChI is InChI=1S/C37H70O5.3Mg.6H/c1-3-5-7-9-11-13-15-17-19-21-23-25-27-29-31-33-35(38)41-37(40)42-36(39)34-32-30-28-26-24-22-20-18-16-14-12-10-8-6-4-2;;;;;;;;;/h3-34H2,1-2H3;;;;;;;;;. The minimum Gasteiger partial charge on any atom is -0.360 e. The molecule has 0 spiro atoms. The Morgan fingerprint density at radius 2 is 0.489 bits per heavy atom.